The van der Waals surface area contributed by atoms with Crippen LogP contribution in [0.25, 0.3) is 10.9 Å². The number of fused-ring (bicyclic) bond motifs is 1. The van der Waals surface area contributed by atoms with Gasteiger partial charge >= 0.3 is 5.97 Å². The number of hydrogen-bond donors (Lipinski definition) is 2. The van der Waals surface area contributed by atoms with Crippen LogP contribution in [0.15, 0.2) is 24.3 Å². The SMILES string of the molecule is Cc1cc(N2CCNCC2)nc2c(C(=O)O)cccc12. The van der Waals surface area contributed by atoms with Crippen LogP contribution in [0.1, 0.15) is 15.9 Å². The van der Waals surface area contributed by atoms with Gasteiger partial charge < -0.3 is 15.3 Å². The Labute approximate surface area is 117 Å². The van der Waals surface area contributed by atoms with E-state index in [1.807, 2.05) is 19.1 Å². The maximum atomic E-state index is 11.4. The highest BCUT2D eigenvalue weighted by atomic mass is 16.4. The zero-order valence-corrected chi connectivity index (χ0v) is 11.4. The Morgan fingerprint density at radius 3 is 2.80 bits per heavy atom. The number of piperazine rings is 1. The van der Waals surface area contributed by atoms with Gasteiger partial charge in [0.15, 0.2) is 0 Å². The van der Waals surface area contributed by atoms with Crippen LogP contribution in [0.5, 0.6) is 0 Å². The van der Waals surface area contributed by atoms with Crippen molar-refractivity contribution in [2.75, 3.05) is 31.1 Å². The molecule has 3 rings (SSSR count). The molecule has 0 amide bonds. The molecule has 1 aromatic carbocycles. The largest absolute Gasteiger partial charge is 0.478 e. The van der Waals surface area contributed by atoms with Crippen LogP contribution in [0, 0.1) is 6.92 Å². The second-order valence-electron chi connectivity index (χ2n) is 5.04. The monoisotopic (exact) mass is 271 g/mol. The van der Waals surface area contributed by atoms with E-state index in [1.165, 1.54) is 0 Å². The number of rotatable bonds is 2. The maximum absolute atomic E-state index is 11.4. The van der Waals surface area contributed by atoms with Crippen molar-refractivity contribution in [2.45, 2.75) is 6.92 Å². The fourth-order valence-electron chi connectivity index (χ4n) is 2.63. The number of aryl methyl sites for hydroxylation is 1. The van der Waals surface area contributed by atoms with Crippen LogP contribution >= 0.6 is 0 Å². The highest BCUT2D eigenvalue weighted by Crippen LogP contribution is 2.25. The Morgan fingerprint density at radius 1 is 1.35 bits per heavy atom. The predicted octanol–water partition coefficient (Wildman–Crippen LogP) is 1.65. The van der Waals surface area contributed by atoms with Crippen molar-refractivity contribution in [3.8, 4) is 0 Å². The van der Waals surface area contributed by atoms with Crippen molar-refractivity contribution >= 4 is 22.7 Å². The number of carboxylic acids is 1. The predicted molar refractivity (Wildman–Crippen MR) is 78.5 cm³/mol. The number of carbonyl (C=O) groups is 1. The lowest BCUT2D eigenvalue weighted by Crippen LogP contribution is -2.43. The molecule has 0 atom stereocenters. The molecule has 20 heavy (non-hydrogen) atoms. The number of para-hydroxylation sites is 1. The van der Waals surface area contributed by atoms with Gasteiger partial charge in [0.1, 0.15) is 5.82 Å². The zero-order valence-electron chi connectivity index (χ0n) is 11.4. The standard InChI is InChI=1S/C15H17N3O2/c1-10-9-13(18-7-5-16-6-8-18)17-14-11(10)3-2-4-12(14)15(19)20/h2-4,9,16H,5-8H2,1H3,(H,19,20). The fraction of sp³-hybridized carbons (Fsp3) is 0.333. The molecule has 5 nitrogen and oxygen atoms in total. The molecular weight excluding hydrogens is 254 g/mol. The van der Waals surface area contributed by atoms with Gasteiger partial charge in [0, 0.05) is 31.6 Å². The summed E-state index contributed by atoms with van der Waals surface area (Å²) >= 11 is 0. The third kappa shape index (κ3) is 2.20. The lowest BCUT2D eigenvalue weighted by atomic mass is 10.1. The van der Waals surface area contributed by atoms with Crippen molar-refractivity contribution < 1.29 is 9.90 Å². The minimum absolute atomic E-state index is 0.266. The highest BCUT2D eigenvalue weighted by Gasteiger charge is 2.16. The third-order valence-corrected chi connectivity index (χ3v) is 3.70. The molecule has 2 aromatic rings. The number of benzene rings is 1. The van der Waals surface area contributed by atoms with E-state index in [0.29, 0.717) is 5.52 Å². The Balaban J connectivity index is 2.15. The summed E-state index contributed by atoms with van der Waals surface area (Å²) in [5.41, 5.74) is 1.91. The van der Waals surface area contributed by atoms with Gasteiger partial charge in [-0.25, -0.2) is 9.78 Å². The van der Waals surface area contributed by atoms with Gasteiger partial charge in [-0.3, -0.25) is 0 Å². The second kappa shape index (κ2) is 5.09. The van der Waals surface area contributed by atoms with E-state index in [2.05, 4.69) is 15.2 Å². The molecule has 1 aliphatic heterocycles. The van der Waals surface area contributed by atoms with Crippen molar-refractivity contribution in [2.24, 2.45) is 0 Å². The number of aromatic nitrogens is 1. The van der Waals surface area contributed by atoms with E-state index in [4.69, 9.17) is 0 Å². The second-order valence-corrected chi connectivity index (χ2v) is 5.04. The molecule has 0 saturated carbocycles. The molecule has 0 aliphatic carbocycles. The molecule has 104 valence electrons. The smallest absolute Gasteiger partial charge is 0.337 e. The van der Waals surface area contributed by atoms with E-state index in [-0.39, 0.29) is 5.56 Å². The van der Waals surface area contributed by atoms with E-state index >= 15 is 0 Å². The van der Waals surface area contributed by atoms with E-state index in [0.717, 1.165) is 42.9 Å². The molecule has 0 unspecified atom stereocenters. The molecule has 0 radical (unpaired) electrons. The summed E-state index contributed by atoms with van der Waals surface area (Å²) in [7, 11) is 0. The molecule has 2 N–H and O–H groups in total. The number of nitrogens with one attached hydrogen (secondary N) is 1. The van der Waals surface area contributed by atoms with E-state index < -0.39 is 5.97 Å². The minimum Gasteiger partial charge on any atom is -0.478 e. The summed E-state index contributed by atoms with van der Waals surface area (Å²) in [6.07, 6.45) is 0. The van der Waals surface area contributed by atoms with Crippen molar-refractivity contribution in [1.29, 1.82) is 0 Å². The van der Waals surface area contributed by atoms with Crippen LogP contribution in [-0.2, 0) is 0 Å². The van der Waals surface area contributed by atoms with E-state index in [9.17, 15) is 9.90 Å². The third-order valence-electron chi connectivity index (χ3n) is 3.70. The average Bonchev–Trinajstić information content (AvgIpc) is 2.47. The molecule has 0 spiro atoms. The molecular formula is C15H17N3O2. The van der Waals surface area contributed by atoms with Crippen LogP contribution in [-0.4, -0.2) is 42.2 Å². The van der Waals surface area contributed by atoms with E-state index in [1.54, 1.807) is 12.1 Å². The summed E-state index contributed by atoms with van der Waals surface area (Å²) in [6.45, 7) is 5.65. The van der Waals surface area contributed by atoms with Gasteiger partial charge in [0.2, 0.25) is 0 Å². The fourth-order valence-corrected chi connectivity index (χ4v) is 2.63. The number of carboxylic acid groups (broad SMARTS) is 1. The number of nitrogens with zero attached hydrogens (tertiary/aromatic N) is 2. The molecule has 1 fully saturated rings. The zero-order chi connectivity index (χ0) is 14.1. The Morgan fingerprint density at radius 2 is 2.10 bits per heavy atom. The van der Waals surface area contributed by atoms with Crippen LogP contribution in [0.4, 0.5) is 5.82 Å². The van der Waals surface area contributed by atoms with Crippen LogP contribution < -0.4 is 10.2 Å². The lowest BCUT2D eigenvalue weighted by molar-refractivity contribution is 0.0699. The number of aromatic carboxylic acids is 1. The summed E-state index contributed by atoms with van der Waals surface area (Å²) < 4.78 is 0. The van der Waals surface area contributed by atoms with Gasteiger partial charge in [0.25, 0.3) is 0 Å². The van der Waals surface area contributed by atoms with Crippen LogP contribution in [0.3, 0.4) is 0 Å². The Kier molecular flexibility index (Phi) is 3.28. The van der Waals surface area contributed by atoms with Gasteiger partial charge in [-0.2, -0.15) is 0 Å². The number of hydrogen-bond acceptors (Lipinski definition) is 4. The summed E-state index contributed by atoms with van der Waals surface area (Å²) in [4.78, 5) is 18.1. The Bertz CT molecular complexity index is 663. The average molecular weight is 271 g/mol. The minimum atomic E-state index is -0.931. The number of pyridine rings is 1. The van der Waals surface area contributed by atoms with Gasteiger partial charge in [-0.1, -0.05) is 12.1 Å². The normalized spacial score (nSPS) is 15.6. The van der Waals surface area contributed by atoms with Gasteiger partial charge in [-0.15, -0.1) is 0 Å². The first kappa shape index (κ1) is 12.9. The van der Waals surface area contributed by atoms with Gasteiger partial charge in [-0.05, 0) is 24.6 Å². The maximum Gasteiger partial charge on any atom is 0.337 e. The summed E-state index contributed by atoms with van der Waals surface area (Å²) in [5.74, 6) is -0.0647. The topological polar surface area (TPSA) is 65.5 Å². The highest BCUT2D eigenvalue weighted by molar-refractivity contribution is 6.03. The molecule has 1 aliphatic rings. The molecule has 0 bridgehead atoms. The van der Waals surface area contributed by atoms with Crippen molar-refractivity contribution in [1.82, 2.24) is 10.3 Å². The van der Waals surface area contributed by atoms with Crippen molar-refractivity contribution in [3.63, 3.8) is 0 Å². The summed E-state index contributed by atoms with van der Waals surface area (Å²) in [5, 5.41) is 13.5. The molecule has 2 heterocycles. The van der Waals surface area contributed by atoms with Crippen LogP contribution in [0.2, 0.25) is 0 Å². The van der Waals surface area contributed by atoms with Crippen molar-refractivity contribution in [3.05, 3.63) is 35.4 Å². The first-order valence-electron chi connectivity index (χ1n) is 6.76. The number of anilines is 1. The lowest BCUT2D eigenvalue weighted by Gasteiger charge is -2.29. The molecule has 1 saturated heterocycles. The quantitative estimate of drug-likeness (QED) is 0.869. The first-order chi connectivity index (χ1) is 9.66. The Hall–Kier alpha value is -2.14. The summed E-state index contributed by atoms with van der Waals surface area (Å²) in [6, 6.07) is 7.34. The first-order valence-corrected chi connectivity index (χ1v) is 6.76. The molecule has 1 aromatic heterocycles. The molecule has 5 heteroatoms. The van der Waals surface area contributed by atoms with Gasteiger partial charge in [0.05, 0.1) is 11.1 Å².